The van der Waals surface area contributed by atoms with Gasteiger partial charge in [0.05, 0.1) is 11.5 Å². The molecule has 0 spiro atoms. The number of likely N-dealkylation sites (tertiary alicyclic amines) is 1. The van der Waals surface area contributed by atoms with Crippen molar-refractivity contribution in [3.8, 4) is 11.5 Å². The Morgan fingerprint density at radius 1 is 0.882 bits per heavy atom. The molecule has 1 aliphatic heterocycles. The molecule has 3 aromatic carbocycles. The number of rotatable bonds is 5. The van der Waals surface area contributed by atoms with E-state index in [4.69, 9.17) is 4.42 Å². The van der Waals surface area contributed by atoms with Crippen LogP contribution in [-0.2, 0) is 0 Å². The van der Waals surface area contributed by atoms with Crippen LogP contribution in [0, 0.1) is 5.82 Å². The minimum absolute atomic E-state index is 0.114. The molecule has 1 atom stereocenters. The molecular weight excluding hydrogens is 433 g/mol. The van der Waals surface area contributed by atoms with E-state index in [2.05, 4.69) is 10.2 Å². The average molecular weight is 455 g/mol. The van der Waals surface area contributed by atoms with Gasteiger partial charge in [-0.25, -0.2) is 4.39 Å². The third-order valence-corrected chi connectivity index (χ3v) is 6.03. The first-order valence-corrected chi connectivity index (χ1v) is 11.2. The summed E-state index contributed by atoms with van der Waals surface area (Å²) in [5, 5.41) is 8.29. The minimum Gasteiger partial charge on any atom is -0.420 e. The van der Waals surface area contributed by atoms with Gasteiger partial charge in [0, 0.05) is 29.8 Å². The Morgan fingerprint density at radius 2 is 1.59 bits per heavy atom. The smallest absolute Gasteiger partial charge is 0.254 e. The van der Waals surface area contributed by atoms with Crippen molar-refractivity contribution in [2.75, 3.05) is 13.1 Å². The fourth-order valence-electron chi connectivity index (χ4n) is 4.25. The number of piperidine rings is 1. The molecule has 0 N–H and O–H groups in total. The molecule has 7 heteroatoms. The fourth-order valence-corrected chi connectivity index (χ4v) is 4.25. The lowest BCUT2D eigenvalue weighted by molar-refractivity contribution is 0.0695. The quantitative estimate of drug-likeness (QED) is 0.390. The molecule has 170 valence electrons. The number of nitrogens with zero attached hydrogens (tertiary/aromatic N) is 3. The summed E-state index contributed by atoms with van der Waals surface area (Å²) in [5.41, 5.74) is 1.95. The highest BCUT2D eigenvalue weighted by Gasteiger charge is 2.30. The van der Waals surface area contributed by atoms with E-state index >= 15 is 0 Å². The summed E-state index contributed by atoms with van der Waals surface area (Å²) in [7, 11) is 0. The zero-order valence-electron chi connectivity index (χ0n) is 18.4. The first kappa shape index (κ1) is 21.7. The third-order valence-electron chi connectivity index (χ3n) is 6.03. The summed E-state index contributed by atoms with van der Waals surface area (Å²) in [6.45, 7) is 1.000. The maximum atomic E-state index is 13.5. The Kier molecular flexibility index (Phi) is 5.99. The molecule has 5 rings (SSSR count). The standard InChI is InChI=1S/C27H22FN3O3/c28-21-14-12-19(13-15-21)25-29-30-26(34-25)20-9-6-16-31(17-20)27(33)23-11-5-4-10-22(23)24(32)18-7-2-1-3-8-18/h1-5,7-8,10-15,20H,6,9,16-17H2. The van der Waals surface area contributed by atoms with Crippen LogP contribution in [0.4, 0.5) is 4.39 Å². The highest BCUT2D eigenvalue weighted by molar-refractivity contribution is 6.15. The van der Waals surface area contributed by atoms with E-state index in [1.54, 1.807) is 65.6 Å². The number of hydrogen-bond donors (Lipinski definition) is 0. The summed E-state index contributed by atoms with van der Waals surface area (Å²) in [5.74, 6) is -0.0585. The van der Waals surface area contributed by atoms with Gasteiger partial charge < -0.3 is 9.32 Å². The Balaban J connectivity index is 1.36. The number of ketones is 1. The second-order valence-electron chi connectivity index (χ2n) is 8.28. The van der Waals surface area contributed by atoms with E-state index in [0.717, 1.165) is 12.8 Å². The second kappa shape index (κ2) is 9.39. The Hall–Kier alpha value is -4.13. The van der Waals surface area contributed by atoms with Gasteiger partial charge in [0.2, 0.25) is 11.8 Å². The summed E-state index contributed by atoms with van der Waals surface area (Å²) in [6, 6.07) is 21.7. The van der Waals surface area contributed by atoms with Crippen LogP contribution < -0.4 is 0 Å². The molecule has 0 saturated carbocycles. The summed E-state index contributed by atoms with van der Waals surface area (Å²) >= 11 is 0. The van der Waals surface area contributed by atoms with E-state index < -0.39 is 0 Å². The van der Waals surface area contributed by atoms with Crippen molar-refractivity contribution in [1.29, 1.82) is 0 Å². The number of carbonyl (C=O) groups is 2. The van der Waals surface area contributed by atoms with Gasteiger partial charge >= 0.3 is 0 Å². The topological polar surface area (TPSA) is 76.3 Å². The molecule has 1 fully saturated rings. The van der Waals surface area contributed by atoms with E-state index in [-0.39, 0.29) is 23.4 Å². The van der Waals surface area contributed by atoms with E-state index in [1.165, 1.54) is 12.1 Å². The highest BCUT2D eigenvalue weighted by atomic mass is 19.1. The SMILES string of the molecule is O=C(c1ccccc1)c1ccccc1C(=O)N1CCCC(c2nnc(-c3ccc(F)cc3)o2)C1. The average Bonchev–Trinajstić information content (AvgIpc) is 3.39. The first-order chi connectivity index (χ1) is 16.6. The second-order valence-corrected chi connectivity index (χ2v) is 8.28. The Labute approximate surface area is 196 Å². The molecule has 1 amide bonds. The predicted octanol–water partition coefficient (Wildman–Crippen LogP) is 5.13. The molecule has 0 radical (unpaired) electrons. The van der Waals surface area contributed by atoms with Gasteiger partial charge in [0.25, 0.3) is 5.91 Å². The van der Waals surface area contributed by atoms with Gasteiger partial charge in [0.15, 0.2) is 5.78 Å². The summed E-state index contributed by atoms with van der Waals surface area (Å²) in [6.07, 6.45) is 1.58. The van der Waals surface area contributed by atoms with Crippen LogP contribution >= 0.6 is 0 Å². The molecule has 1 saturated heterocycles. The lowest BCUT2D eigenvalue weighted by Gasteiger charge is -2.31. The van der Waals surface area contributed by atoms with Crippen molar-refractivity contribution >= 4 is 11.7 Å². The lowest BCUT2D eigenvalue weighted by Crippen LogP contribution is -2.39. The normalized spacial score (nSPS) is 15.8. The van der Waals surface area contributed by atoms with E-state index in [0.29, 0.717) is 47.1 Å². The minimum atomic E-state index is -0.337. The molecule has 6 nitrogen and oxygen atoms in total. The van der Waals surface area contributed by atoms with Crippen LogP contribution in [-0.4, -0.2) is 39.9 Å². The van der Waals surface area contributed by atoms with Crippen LogP contribution in [0.25, 0.3) is 11.5 Å². The van der Waals surface area contributed by atoms with E-state index in [9.17, 15) is 14.0 Å². The van der Waals surface area contributed by atoms with Crippen molar-refractivity contribution in [3.63, 3.8) is 0 Å². The number of halogens is 1. The van der Waals surface area contributed by atoms with Crippen molar-refractivity contribution in [1.82, 2.24) is 15.1 Å². The molecule has 0 aliphatic carbocycles. The van der Waals surface area contributed by atoms with Gasteiger partial charge in [-0.2, -0.15) is 0 Å². The molecule has 2 heterocycles. The fraction of sp³-hybridized carbons (Fsp3) is 0.185. The number of hydrogen-bond acceptors (Lipinski definition) is 5. The predicted molar refractivity (Wildman–Crippen MR) is 124 cm³/mol. The van der Waals surface area contributed by atoms with Crippen LogP contribution in [0.1, 0.15) is 50.9 Å². The zero-order chi connectivity index (χ0) is 23.5. The number of benzene rings is 3. The van der Waals surface area contributed by atoms with Crippen LogP contribution in [0.5, 0.6) is 0 Å². The molecule has 1 aromatic heterocycles. The van der Waals surface area contributed by atoms with Crippen molar-refractivity contribution in [3.05, 3.63) is 107 Å². The van der Waals surface area contributed by atoms with Crippen molar-refractivity contribution in [2.24, 2.45) is 0 Å². The Bertz CT molecular complexity index is 1320. The molecule has 1 aliphatic rings. The molecule has 34 heavy (non-hydrogen) atoms. The maximum absolute atomic E-state index is 13.5. The molecule has 0 bridgehead atoms. The van der Waals surface area contributed by atoms with Crippen LogP contribution in [0.3, 0.4) is 0 Å². The van der Waals surface area contributed by atoms with Gasteiger partial charge in [-0.15, -0.1) is 10.2 Å². The number of carbonyl (C=O) groups excluding carboxylic acids is 2. The largest absolute Gasteiger partial charge is 0.420 e. The summed E-state index contributed by atoms with van der Waals surface area (Å²) in [4.78, 5) is 28.3. The number of aromatic nitrogens is 2. The van der Waals surface area contributed by atoms with E-state index in [1.807, 2.05) is 6.07 Å². The molecule has 4 aromatic rings. The van der Waals surface area contributed by atoms with Gasteiger partial charge in [-0.3, -0.25) is 9.59 Å². The van der Waals surface area contributed by atoms with Gasteiger partial charge in [-0.1, -0.05) is 48.5 Å². The zero-order valence-corrected chi connectivity index (χ0v) is 18.4. The van der Waals surface area contributed by atoms with Crippen molar-refractivity contribution < 1.29 is 18.4 Å². The summed E-state index contributed by atoms with van der Waals surface area (Å²) < 4.78 is 19.1. The third kappa shape index (κ3) is 4.37. The Morgan fingerprint density at radius 3 is 2.35 bits per heavy atom. The van der Waals surface area contributed by atoms with Gasteiger partial charge in [0.1, 0.15) is 5.82 Å². The molecule has 1 unspecified atom stereocenters. The molecular formula is C27H22FN3O3. The lowest BCUT2D eigenvalue weighted by atomic mass is 9.94. The van der Waals surface area contributed by atoms with Crippen LogP contribution in [0.2, 0.25) is 0 Å². The van der Waals surface area contributed by atoms with Gasteiger partial charge in [-0.05, 0) is 43.2 Å². The van der Waals surface area contributed by atoms with Crippen LogP contribution in [0.15, 0.2) is 83.3 Å². The van der Waals surface area contributed by atoms with Crippen molar-refractivity contribution in [2.45, 2.75) is 18.8 Å². The highest BCUT2D eigenvalue weighted by Crippen LogP contribution is 2.30. The number of amides is 1. The first-order valence-electron chi connectivity index (χ1n) is 11.2. The maximum Gasteiger partial charge on any atom is 0.254 e. The monoisotopic (exact) mass is 455 g/mol.